The molecule has 0 aliphatic heterocycles. The zero-order chi connectivity index (χ0) is 20.6. The lowest BCUT2D eigenvalue weighted by molar-refractivity contribution is -0.122. The van der Waals surface area contributed by atoms with Gasteiger partial charge >= 0.3 is 0 Å². The zero-order valence-electron chi connectivity index (χ0n) is 15.8. The number of hydrogen-bond donors (Lipinski definition) is 1. The lowest BCUT2D eigenvalue weighted by Crippen LogP contribution is -2.17. The number of benzene rings is 1. The van der Waals surface area contributed by atoms with Crippen molar-refractivity contribution in [2.45, 2.75) is 38.7 Å². The summed E-state index contributed by atoms with van der Waals surface area (Å²) in [5.41, 5.74) is 7.69. The van der Waals surface area contributed by atoms with Crippen LogP contribution in [0, 0.1) is 5.82 Å². The summed E-state index contributed by atoms with van der Waals surface area (Å²) in [5.74, 6) is -0.711. The number of ether oxygens (including phenoxy) is 1. The first-order valence-corrected chi connectivity index (χ1v) is 11.9. The second-order valence-corrected chi connectivity index (χ2v) is 9.32. The van der Waals surface area contributed by atoms with E-state index in [2.05, 4.69) is 26.7 Å². The molecule has 2 N–H and O–H groups in total. The molecule has 2 aromatic heterocycles. The van der Waals surface area contributed by atoms with E-state index in [9.17, 15) is 9.18 Å². The van der Waals surface area contributed by atoms with E-state index in [4.69, 9.17) is 15.5 Å². The summed E-state index contributed by atoms with van der Waals surface area (Å²) in [4.78, 5) is 16.6. The molecule has 0 spiro atoms. The third-order valence-electron chi connectivity index (χ3n) is 4.37. The number of carbonyl (C=O) groups is 1. The maximum Gasteiger partial charge on any atom is 0.243 e. The molecule has 8 heteroatoms. The van der Waals surface area contributed by atoms with Crippen molar-refractivity contribution in [3.05, 3.63) is 62.1 Å². The molecule has 0 atom stereocenters. The largest absolute Gasteiger partial charge is 0.368 e. The highest BCUT2D eigenvalue weighted by Gasteiger charge is 2.10. The van der Waals surface area contributed by atoms with Crippen molar-refractivity contribution in [2.24, 2.45) is 5.73 Å². The van der Waals surface area contributed by atoms with Crippen LogP contribution in [0.5, 0.6) is 0 Å². The second-order valence-electron chi connectivity index (χ2n) is 6.69. The molecule has 0 saturated carbocycles. The van der Waals surface area contributed by atoms with Crippen LogP contribution in [0.2, 0.25) is 0 Å². The van der Waals surface area contributed by atoms with Crippen LogP contribution in [-0.2, 0) is 29.0 Å². The van der Waals surface area contributed by atoms with Gasteiger partial charge in [-0.3, -0.25) is 4.79 Å². The Bertz CT molecular complexity index is 958. The molecule has 1 amide bonds. The van der Waals surface area contributed by atoms with Gasteiger partial charge in [-0.1, -0.05) is 18.6 Å². The fourth-order valence-corrected chi connectivity index (χ4v) is 5.62. The number of nitrogens with zero attached hydrogens (tertiary/aromatic N) is 1. The maximum absolute atomic E-state index is 14.0. The van der Waals surface area contributed by atoms with Gasteiger partial charge < -0.3 is 10.5 Å². The van der Waals surface area contributed by atoms with Gasteiger partial charge in [-0.15, -0.1) is 22.7 Å². The summed E-state index contributed by atoms with van der Waals surface area (Å²) in [6.07, 6.45) is 4.56. The van der Waals surface area contributed by atoms with E-state index in [-0.39, 0.29) is 19.0 Å². The summed E-state index contributed by atoms with van der Waals surface area (Å²) < 4.78 is 20.3. The first-order chi connectivity index (χ1) is 14.0. The summed E-state index contributed by atoms with van der Waals surface area (Å²) in [6, 6.07) is 6.98. The highest BCUT2D eigenvalue weighted by Crippen LogP contribution is 2.35. The zero-order valence-corrected chi connectivity index (χ0v) is 19.0. The van der Waals surface area contributed by atoms with Crippen molar-refractivity contribution in [3.8, 4) is 9.88 Å². The van der Waals surface area contributed by atoms with Crippen molar-refractivity contribution in [2.75, 3.05) is 6.61 Å². The normalized spacial score (nSPS) is 11.1. The average molecular weight is 497 g/mol. The monoisotopic (exact) mass is 496 g/mol. The predicted octanol–water partition coefficient (Wildman–Crippen LogP) is 5.73. The van der Waals surface area contributed by atoms with Crippen molar-refractivity contribution in [1.29, 1.82) is 0 Å². The van der Waals surface area contributed by atoms with Gasteiger partial charge in [-0.2, -0.15) is 0 Å². The molecular formula is C21H22BrFN2O2S2. The fourth-order valence-electron chi connectivity index (χ4n) is 2.95. The lowest BCUT2D eigenvalue weighted by Gasteiger charge is -2.07. The van der Waals surface area contributed by atoms with E-state index in [1.807, 2.05) is 12.1 Å². The Balaban J connectivity index is 1.42. The molecule has 0 bridgehead atoms. The topological polar surface area (TPSA) is 65.2 Å². The number of carbonyl (C=O) groups excluding carboxylic acids is 1. The summed E-state index contributed by atoms with van der Waals surface area (Å²) in [7, 11) is 0. The Labute approximate surface area is 186 Å². The number of rotatable bonds is 11. The summed E-state index contributed by atoms with van der Waals surface area (Å²) in [6.45, 7) is 0.122. The smallest absolute Gasteiger partial charge is 0.243 e. The second kappa shape index (κ2) is 11.0. The molecule has 29 heavy (non-hydrogen) atoms. The van der Waals surface area contributed by atoms with Gasteiger partial charge in [0.2, 0.25) is 5.91 Å². The van der Waals surface area contributed by atoms with Crippen molar-refractivity contribution >= 4 is 44.5 Å². The number of thiophene rings is 1. The number of nitrogens with two attached hydrogens (primary N) is 1. The van der Waals surface area contributed by atoms with Crippen LogP contribution in [0.3, 0.4) is 0 Å². The fraction of sp³-hybridized carbons (Fsp3) is 0.333. The standard InChI is InChI=1S/C21H22BrFN2O2S2/c22-17-8-9-28-20(17)21-25-16(13-29-21)5-3-1-2-4-15-10-14(6-7-18(15)23)11-27-12-19(24)26/h6-10,13H,1-5,11-12H2,(H2,24,26). The molecular weight excluding hydrogens is 475 g/mol. The molecule has 0 unspecified atom stereocenters. The molecule has 2 heterocycles. The van der Waals surface area contributed by atoms with Crippen molar-refractivity contribution in [1.82, 2.24) is 4.98 Å². The first kappa shape index (κ1) is 22.1. The van der Waals surface area contributed by atoms with Crippen LogP contribution in [0.1, 0.15) is 36.1 Å². The molecule has 4 nitrogen and oxygen atoms in total. The number of amides is 1. The van der Waals surface area contributed by atoms with E-state index >= 15 is 0 Å². The number of primary amides is 1. The quantitative estimate of drug-likeness (QED) is 0.344. The number of unbranched alkanes of at least 4 members (excludes halogenated alkanes) is 2. The Morgan fingerprint density at radius 1 is 1.17 bits per heavy atom. The minimum Gasteiger partial charge on any atom is -0.368 e. The molecule has 154 valence electrons. The van der Waals surface area contributed by atoms with E-state index in [0.717, 1.165) is 46.4 Å². The van der Waals surface area contributed by atoms with E-state index in [0.29, 0.717) is 12.0 Å². The van der Waals surface area contributed by atoms with Crippen molar-refractivity contribution in [3.63, 3.8) is 0 Å². The number of aryl methyl sites for hydroxylation is 2. The summed E-state index contributed by atoms with van der Waals surface area (Å²) >= 11 is 6.92. The van der Waals surface area contributed by atoms with Crippen LogP contribution in [-0.4, -0.2) is 17.5 Å². The van der Waals surface area contributed by atoms with Gasteiger partial charge in [0.15, 0.2) is 0 Å². The average Bonchev–Trinajstić information content (AvgIpc) is 3.32. The SMILES string of the molecule is NC(=O)COCc1ccc(F)c(CCCCCc2csc(-c3sccc3Br)n2)c1. The van der Waals surface area contributed by atoms with Crippen LogP contribution in [0.25, 0.3) is 9.88 Å². The number of aromatic nitrogens is 1. The molecule has 3 rings (SSSR count). The van der Waals surface area contributed by atoms with Crippen molar-refractivity contribution < 1.29 is 13.9 Å². The van der Waals surface area contributed by atoms with Crippen LogP contribution >= 0.6 is 38.6 Å². The van der Waals surface area contributed by atoms with Crippen LogP contribution in [0.4, 0.5) is 4.39 Å². The molecule has 0 radical (unpaired) electrons. The third kappa shape index (κ3) is 6.70. The molecule has 3 aromatic rings. The summed E-state index contributed by atoms with van der Waals surface area (Å²) in [5, 5.41) is 5.23. The van der Waals surface area contributed by atoms with E-state index < -0.39 is 5.91 Å². The van der Waals surface area contributed by atoms with Gasteiger partial charge in [0, 0.05) is 9.85 Å². The van der Waals surface area contributed by atoms with Gasteiger partial charge in [0.05, 0.1) is 17.2 Å². The Hall–Kier alpha value is -1.61. The Morgan fingerprint density at radius 2 is 2.00 bits per heavy atom. The highest BCUT2D eigenvalue weighted by atomic mass is 79.9. The first-order valence-electron chi connectivity index (χ1n) is 9.34. The minimum absolute atomic E-state index is 0.130. The van der Waals surface area contributed by atoms with Gasteiger partial charge in [-0.25, -0.2) is 9.37 Å². The van der Waals surface area contributed by atoms with Crippen LogP contribution < -0.4 is 5.73 Å². The minimum atomic E-state index is -0.511. The molecule has 0 fully saturated rings. The maximum atomic E-state index is 14.0. The third-order valence-corrected chi connectivity index (χ3v) is 7.25. The Morgan fingerprint density at radius 3 is 2.76 bits per heavy atom. The molecule has 0 saturated heterocycles. The molecule has 1 aromatic carbocycles. The highest BCUT2D eigenvalue weighted by molar-refractivity contribution is 9.10. The van der Waals surface area contributed by atoms with E-state index in [1.54, 1.807) is 28.7 Å². The molecule has 0 aliphatic rings. The number of thiazole rings is 1. The molecule has 0 aliphatic carbocycles. The van der Waals surface area contributed by atoms with E-state index in [1.165, 1.54) is 10.9 Å². The van der Waals surface area contributed by atoms with Crippen LogP contribution in [0.15, 0.2) is 39.5 Å². The lowest BCUT2D eigenvalue weighted by atomic mass is 10.0. The van der Waals surface area contributed by atoms with Gasteiger partial charge in [0.1, 0.15) is 17.4 Å². The van der Waals surface area contributed by atoms with Gasteiger partial charge in [0.25, 0.3) is 0 Å². The Kier molecular flexibility index (Phi) is 8.35. The predicted molar refractivity (Wildman–Crippen MR) is 120 cm³/mol. The number of halogens is 2. The number of hydrogen-bond acceptors (Lipinski definition) is 5. The van der Waals surface area contributed by atoms with Gasteiger partial charge in [-0.05, 0) is 70.3 Å².